The third kappa shape index (κ3) is 4.70. The first-order chi connectivity index (χ1) is 12.1. The molecule has 0 atom stereocenters. The highest BCUT2D eigenvalue weighted by Crippen LogP contribution is 2.20. The fourth-order valence-corrected chi connectivity index (χ4v) is 2.78. The number of aromatic nitrogens is 2. The number of carbonyl (C=O) groups excluding carboxylic acids is 1. The monoisotopic (exact) mass is 353 g/mol. The van der Waals surface area contributed by atoms with Crippen LogP contribution in [0.5, 0.6) is 0 Å². The van der Waals surface area contributed by atoms with Crippen LogP contribution in [0.2, 0.25) is 0 Å². The predicted molar refractivity (Wildman–Crippen MR) is 99.6 cm³/mol. The number of thioether (sulfide) groups is 1. The van der Waals surface area contributed by atoms with Gasteiger partial charge in [-0.15, -0.1) is 11.8 Å². The van der Waals surface area contributed by atoms with Gasteiger partial charge in [-0.2, -0.15) is 4.98 Å². The molecule has 6 heteroatoms. The first kappa shape index (κ1) is 17.2. The van der Waals surface area contributed by atoms with Crippen molar-refractivity contribution in [3.8, 4) is 11.4 Å². The van der Waals surface area contributed by atoms with Crippen molar-refractivity contribution in [2.45, 2.75) is 24.7 Å². The molecule has 0 spiro atoms. The number of rotatable bonds is 6. The Balaban J connectivity index is 1.56. The minimum absolute atomic E-state index is 0.0756. The van der Waals surface area contributed by atoms with Gasteiger partial charge in [0, 0.05) is 29.0 Å². The smallest absolute Gasteiger partial charge is 0.227 e. The molecule has 0 saturated heterocycles. The van der Waals surface area contributed by atoms with Crippen LogP contribution in [0.1, 0.15) is 17.9 Å². The summed E-state index contributed by atoms with van der Waals surface area (Å²) < 4.78 is 5.24. The summed E-state index contributed by atoms with van der Waals surface area (Å²) in [5.41, 5.74) is 2.87. The summed E-state index contributed by atoms with van der Waals surface area (Å²) in [5.74, 6) is 0.931. The Labute approximate surface area is 150 Å². The van der Waals surface area contributed by atoms with Gasteiger partial charge >= 0.3 is 0 Å². The second kappa shape index (κ2) is 7.98. The van der Waals surface area contributed by atoms with E-state index in [4.69, 9.17) is 4.52 Å². The second-order valence-corrected chi connectivity index (χ2v) is 6.54. The minimum Gasteiger partial charge on any atom is -0.339 e. The molecule has 3 aromatic rings. The molecule has 25 heavy (non-hydrogen) atoms. The molecule has 128 valence electrons. The highest BCUT2D eigenvalue weighted by Gasteiger charge is 2.11. The van der Waals surface area contributed by atoms with Crippen LogP contribution in [0.4, 0.5) is 5.69 Å². The molecule has 1 N–H and O–H groups in total. The van der Waals surface area contributed by atoms with Gasteiger partial charge in [0.15, 0.2) is 0 Å². The van der Waals surface area contributed by atoms with Gasteiger partial charge in [0.2, 0.25) is 17.6 Å². The lowest BCUT2D eigenvalue weighted by molar-refractivity contribution is -0.116. The zero-order valence-electron chi connectivity index (χ0n) is 14.2. The number of hydrogen-bond donors (Lipinski definition) is 1. The molecule has 0 bridgehead atoms. The zero-order valence-corrected chi connectivity index (χ0v) is 15.0. The van der Waals surface area contributed by atoms with Crippen LogP contribution in [-0.2, 0) is 11.2 Å². The van der Waals surface area contributed by atoms with Crippen LogP contribution < -0.4 is 5.32 Å². The SMILES string of the molecule is CSc1cccc(NC(=O)CCc2nc(-c3ccc(C)cc3)no2)c1. The minimum atomic E-state index is -0.0756. The zero-order chi connectivity index (χ0) is 17.6. The van der Waals surface area contributed by atoms with Gasteiger partial charge in [-0.3, -0.25) is 4.79 Å². The summed E-state index contributed by atoms with van der Waals surface area (Å²) in [5, 5.41) is 6.87. The lowest BCUT2D eigenvalue weighted by Crippen LogP contribution is -2.12. The van der Waals surface area contributed by atoms with Crippen molar-refractivity contribution in [2.24, 2.45) is 0 Å². The molecule has 0 fully saturated rings. The van der Waals surface area contributed by atoms with Crippen molar-refractivity contribution in [1.29, 1.82) is 0 Å². The summed E-state index contributed by atoms with van der Waals surface area (Å²) in [6.07, 6.45) is 2.70. The van der Waals surface area contributed by atoms with Crippen molar-refractivity contribution >= 4 is 23.4 Å². The van der Waals surface area contributed by atoms with Gasteiger partial charge in [0.1, 0.15) is 0 Å². The molecule has 1 amide bonds. The largest absolute Gasteiger partial charge is 0.339 e. The molecule has 0 aliphatic heterocycles. The van der Waals surface area contributed by atoms with E-state index >= 15 is 0 Å². The average Bonchev–Trinajstić information content (AvgIpc) is 3.10. The Bertz CT molecular complexity index is 859. The van der Waals surface area contributed by atoms with E-state index in [1.807, 2.05) is 61.7 Å². The number of nitrogens with one attached hydrogen (secondary N) is 1. The summed E-state index contributed by atoms with van der Waals surface area (Å²) >= 11 is 1.64. The van der Waals surface area contributed by atoms with Crippen LogP contribution in [0.25, 0.3) is 11.4 Å². The molecule has 0 aliphatic carbocycles. The molecule has 1 heterocycles. The molecule has 5 nitrogen and oxygen atoms in total. The Kier molecular flexibility index (Phi) is 5.50. The number of aryl methyl sites for hydroxylation is 2. The number of carbonyl (C=O) groups is 1. The normalized spacial score (nSPS) is 10.6. The van der Waals surface area contributed by atoms with Gasteiger partial charge in [-0.25, -0.2) is 0 Å². The molecule has 0 radical (unpaired) electrons. The summed E-state index contributed by atoms with van der Waals surface area (Å²) in [6, 6.07) is 15.7. The van der Waals surface area contributed by atoms with Gasteiger partial charge in [0.05, 0.1) is 0 Å². The Morgan fingerprint density at radius 3 is 2.76 bits per heavy atom. The maximum Gasteiger partial charge on any atom is 0.227 e. The Morgan fingerprint density at radius 1 is 1.20 bits per heavy atom. The fraction of sp³-hybridized carbons (Fsp3) is 0.211. The van der Waals surface area contributed by atoms with E-state index in [1.54, 1.807) is 11.8 Å². The third-order valence-corrected chi connectivity index (χ3v) is 4.42. The summed E-state index contributed by atoms with van der Waals surface area (Å²) in [4.78, 5) is 17.6. The number of nitrogens with zero attached hydrogens (tertiary/aromatic N) is 2. The van der Waals surface area contributed by atoms with Gasteiger partial charge in [-0.05, 0) is 31.4 Å². The van der Waals surface area contributed by atoms with Crippen LogP contribution >= 0.6 is 11.8 Å². The topological polar surface area (TPSA) is 68.0 Å². The van der Waals surface area contributed by atoms with Crippen molar-refractivity contribution < 1.29 is 9.32 Å². The van der Waals surface area contributed by atoms with E-state index < -0.39 is 0 Å². The number of anilines is 1. The van der Waals surface area contributed by atoms with Gasteiger partial charge in [0.25, 0.3) is 0 Å². The second-order valence-electron chi connectivity index (χ2n) is 5.66. The van der Waals surface area contributed by atoms with E-state index in [1.165, 1.54) is 5.56 Å². The van der Waals surface area contributed by atoms with Crippen LogP contribution in [-0.4, -0.2) is 22.3 Å². The molecule has 0 unspecified atom stereocenters. The van der Waals surface area contributed by atoms with Gasteiger partial charge in [-0.1, -0.05) is 41.1 Å². The molecule has 3 rings (SSSR count). The highest BCUT2D eigenvalue weighted by atomic mass is 32.2. The standard InChI is InChI=1S/C19H19N3O2S/c1-13-6-8-14(9-7-13)19-21-18(24-22-19)11-10-17(23)20-15-4-3-5-16(12-15)25-2/h3-9,12H,10-11H2,1-2H3,(H,20,23). The molecule has 2 aromatic carbocycles. The lowest BCUT2D eigenvalue weighted by atomic mass is 10.1. The first-order valence-corrected chi connectivity index (χ1v) is 9.20. The van der Waals surface area contributed by atoms with Crippen LogP contribution in [0.15, 0.2) is 57.9 Å². The number of benzene rings is 2. The molecular weight excluding hydrogens is 334 g/mol. The van der Waals surface area contributed by atoms with Crippen molar-refractivity contribution in [2.75, 3.05) is 11.6 Å². The lowest BCUT2D eigenvalue weighted by Gasteiger charge is -2.05. The maximum atomic E-state index is 12.1. The van der Waals surface area contributed by atoms with E-state index in [-0.39, 0.29) is 5.91 Å². The van der Waals surface area contributed by atoms with E-state index in [0.717, 1.165) is 16.1 Å². The highest BCUT2D eigenvalue weighted by molar-refractivity contribution is 7.98. The summed E-state index contributed by atoms with van der Waals surface area (Å²) in [6.45, 7) is 2.03. The number of amides is 1. The van der Waals surface area contributed by atoms with Crippen molar-refractivity contribution in [3.63, 3.8) is 0 Å². The van der Waals surface area contributed by atoms with Crippen LogP contribution in [0.3, 0.4) is 0 Å². The quantitative estimate of drug-likeness (QED) is 0.668. The van der Waals surface area contributed by atoms with E-state index in [9.17, 15) is 4.79 Å². The molecule has 0 aliphatic rings. The molecular formula is C19H19N3O2S. The Hall–Kier alpha value is -2.60. The van der Waals surface area contributed by atoms with Crippen molar-refractivity contribution in [3.05, 3.63) is 60.0 Å². The van der Waals surface area contributed by atoms with Crippen molar-refractivity contribution in [1.82, 2.24) is 10.1 Å². The number of hydrogen-bond acceptors (Lipinski definition) is 5. The molecule has 0 saturated carbocycles. The molecule has 1 aromatic heterocycles. The van der Waals surface area contributed by atoms with E-state index in [0.29, 0.717) is 24.6 Å². The average molecular weight is 353 g/mol. The summed E-state index contributed by atoms with van der Waals surface area (Å²) in [7, 11) is 0. The van der Waals surface area contributed by atoms with E-state index in [2.05, 4.69) is 15.5 Å². The predicted octanol–water partition coefficient (Wildman–Crippen LogP) is 4.34. The first-order valence-electron chi connectivity index (χ1n) is 7.97. The van der Waals surface area contributed by atoms with Gasteiger partial charge < -0.3 is 9.84 Å². The fourth-order valence-electron chi connectivity index (χ4n) is 2.32. The Morgan fingerprint density at radius 2 is 2.00 bits per heavy atom. The van der Waals surface area contributed by atoms with Crippen LogP contribution in [0, 0.1) is 6.92 Å². The third-order valence-electron chi connectivity index (χ3n) is 3.70. The maximum absolute atomic E-state index is 12.1.